The van der Waals surface area contributed by atoms with Gasteiger partial charge in [0.2, 0.25) is 5.91 Å². The van der Waals surface area contributed by atoms with Crippen molar-refractivity contribution < 1.29 is 9.00 Å². The number of nitrogens with one attached hydrogen (secondary N) is 1. The fraction of sp³-hybridized carbons (Fsp3) is 0.278. The maximum atomic E-state index is 12.7. The zero-order chi connectivity index (χ0) is 16.4. The van der Waals surface area contributed by atoms with E-state index < -0.39 is 16.2 Å². The lowest BCUT2D eigenvalue weighted by atomic mass is 9.95. The number of hydrogen-bond donors (Lipinski definition) is 1. The maximum absolute atomic E-state index is 12.7. The van der Waals surface area contributed by atoms with E-state index in [1.807, 2.05) is 48.5 Å². The van der Waals surface area contributed by atoms with Crippen molar-refractivity contribution in [2.45, 2.75) is 24.0 Å². The molecule has 0 bridgehead atoms. The van der Waals surface area contributed by atoms with Gasteiger partial charge >= 0.3 is 0 Å². The van der Waals surface area contributed by atoms with Crippen LogP contribution in [0.3, 0.4) is 0 Å². The molecule has 1 saturated carbocycles. The number of anilines is 1. The standard InChI is InChI=1S/C18H18ClNO2S/c1-23(22)12-13-3-2-4-16(11-13)20-17(21)18(9-10-18)14-5-7-15(19)8-6-14/h2-8,11H,9-10,12H2,1H3,(H,20,21). The molecule has 0 saturated heterocycles. The number of amides is 1. The van der Waals surface area contributed by atoms with Gasteiger partial charge in [0.1, 0.15) is 0 Å². The molecule has 0 spiro atoms. The molecule has 0 aromatic heterocycles. The Balaban J connectivity index is 1.76. The zero-order valence-corrected chi connectivity index (χ0v) is 14.4. The summed E-state index contributed by atoms with van der Waals surface area (Å²) in [5.41, 5.74) is 2.28. The van der Waals surface area contributed by atoms with E-state index in [0.29, 0.717) is 10.8 Å². The first-order valence-corrected chi connectivity index (χ1v) is 9.57. The Bertz CT molecular complexity index is 754. The molecule has 0 heterocycles. The van der Waals surface area contributed by atoms with Crippen LogP contribution in [-0.4, -0.2) is 16.4 Å². The summed E-state index contributed by atoms with van der Waals surface area (Å²) < 4.78 is 11.3. The largest absolute Gasteiger partial charge is 0.325 e. The van der Waals surface area contributed by atoms with Gasteiger partial charge in [-0.1, -0.05) is 35.9 Å². The Morgan fingerprint density at radius 1 is 1.22 bits per heavy atom. The molecule has 1 aliphatic carbocycles. The SMILES string of the molecule is CS(=O)Cc1cccc(NC(=O)C2(c3ccc(Cl)cc3)CC2)c1. The minimum Gasteiger partial charge on any atom is -0.325 e. The third kappa shape index (κ3) is 3.65. The van der Waals surface area contributed by atoms with E-state index in [1.165, 1.54) is 0 Å². The molecule has 120 valence electrons. The first-order valence-electron chi connectivity index (χ1n) is 7.46. The molecule has 1 aliphatic rings. The van der Waals surface area contributed by atoms with Crippen molar-refractivity contribution >= 4 is 34.0 Å². The van der Waals surface area contributed by atoms with Gasteiger partial charge in [0, 0.05) is 33.5 Å². The van der Waals surface area contributed by atoms with Gasteiger partial charge in [-0.05, 0) is 48.2 Å². The monoisotopic (exact) mass is 347 g/mol. The van der Waals surface area contributed by atoms with E-state index in [-0.39, 0.29) is 5.91 Å². The number of halogens is 1. The lowest BCUT2D eigenvalue weighted by molar-refractivity contribution is -0.118. The highest BCUT2D eigenvalue weighted by molar-refractivity contribution is 7.83. The van der Waals surface area contributed by atoms with Crippen LogP contribution < -0.4 is 5.32 Å². The van der Waals surface area contributed by atoms with Crippen molar-refractivity contribution in [2.75, 3.05) is 11.6 Å². The van der Waals surface area contributed by atoms with E-state index in [1.54, 1.807) is 6.26 Å². The van der Waals surface area contributed by atoms with E-state index in [4.69, 9.17) is 11.6 Å². The highest BCUT2D eigenvalue weighted by Gasteiger charge is 2.51. The Hall–Kier alpha value is -1.65. The van der Waals surface area contributed by atoms with Crippen LogP contribution in [0.25, 0.3) is 0 Å². The lowest BCUT2D eigenvalue weighted by Crippen LogP contribution is -2.27. The van der Waals surface area contributed by atoms with Gasteiger partial charge in [-0.25, -0.2) is 0 Å². The van der Waals surface area contributed by atoms with Gasteiger partial charge in [0.15, 0.2) is 0 Å². The predicted molar refractivity (Wildman–Crippen MR) is 95.2 cm³/mol. The fourth-order valence-corrected chi connectivity index (χ4v) is 3.54. The molecule has 1 N–H and O–H groups in total. The van der Waals surface area contributed by atoms with E-state index >= 15 is 0 Å². The van der Waals surface area contributed by atoms with Crippen molar-refractivity contribution in [3.63, 3.8) is 0 Å². The molecular weight excluding hydrogens is 330 g/mol. The predicted octanol–water partition coefficient (Wildman–Crippen LogP) is 3.89. The van der Waals surface area contributed by atoms with Crippen LogP contribution in [0.4, 0.5) is 5.69 Å². The van der Waals surface area contributed by atoms with Gasteiger partial charge in [-0.2, -0.15) is 0 Å². The lowest BCUT2D eigenvalue weighted by Gasteiger charge is -2.16. The Kier molecular flexibility index (Phi) is 4.55. The van der Waals surface area contributed by atoms with Gasteiger partial charge in [0.05, 0.1) is 5.41 Å². The number of rotatable bonds is 5. The van der Waals surface area contributed by atoms with Gasteiger partial charge in [0.25, 0.3) is 0 Å². The molecule has 3 rings (SSSR count). The van der Waals surface area contributed by atoms with Crippen molar-refractivity contribution in [1.82, 2.24) is 0 Å². The van der Waals surface area contributed by atoms with Gasteiger partial charge < -0.3 is 5.32 Å². The molecule has 2 aromatic carbocycles. The summed E-state index contributed by atoms with van der Waals surface area (Å²) in [6.07, 6.45) is 3.36. The summed E-state index contributed by atoms with van der Waals surface area (Å²) in [4.78, 5) is 12.7. The molecule has 0 aliphatic heterocycles. The van der Waals surface area contributed by atoms with Crippen LogP contribution in [0.1, 0.15) is 24.0 Å². The summed E-state index contributed by atoms with van der Waals surface area (Å²) in [7, 11) is -0.899. The highest BCUT2D eigenvalue weighted by Crippen LogP contribution is 2.49. The molecule has 5 heteroatoms. The average molecular weight is 348 g/mol. The van der Waals surface area contributed by atoms with Crippen LogP contribution in [0.15, 0.2) is 48.5 Å². The van der Waals surface area contributed by atoms with Crippen LogP contribution >= 0.6 is 11.6 Å². The topological polar surface area (TPSA) is 46.2 Å². The molecule has 0 radical (unpaired) electrons. The van der Waals surface area contributed by atoms with E-state index in [0.717, 1.165) is 29.7 Å². The summed E-state index contributed by atoms with van der Waals surface area (Å²) >= 11 is 5.92. The Labute approximate surface area is 143 Å². The van der Waals surface area contributed by atoms with Crippen LogP contribution in [0.5, 0.6) is 0 Å². The zero-order valence-electron chi connectivity index (χ0n) is 12.8. The van der Waals surface area contributed by atoms with Crippen LogP contribution in [0.2, 0.25) is 5.02 Å². The second kappa shape index (κ2) is 6.46. The number of carbonyl (C=O) groups excluding carboxylic acids is 1. The van der Waals surface area contributed by atoms with Crippen LogP contribution in [0, 0.1) is 0 Å². The molecule has 1 amide bonds. The summed E-state index contributed by atoms with van der Waals surface area (Å²) in [6.45, 7) is 0. The minimum atomic E-state index is -0.899. The second-order valence-electron chi connectivity index (χ2n) is 5.96. The molecular formula is C18H18ClNO2S. The highest BCUT2D eigenvalue weighted by atomic mass is 35.5. The normalized spacial score (nSPS) is 16.6. The van der Waals surface area contributed by atoms with E-state index in [2.05, 4.69) is 5.32 Å². The first kappa shape index (κ1) is 16.2. The summed E-state index contributed by atoms with van der Waals surface area (Å²) in [5.74, 6) is 0.501. The molecule has 1 fully saturated rings. The van der Waals surface area contributed by atoms with Crippen LogP contribution in [-0.2, 0) is 26.8 Å². The van der Waals surface area contributed by atoms with Crippen molar-refractivity contribution in [3.8, 4) is 0 Å². The van der Waals surface area contributed by atoms with Crippen molar-refractivity contribution in [2.24, 2.45) is 0 Å². The maximum Gasteiger partial charge on any atom is 0.235 e. The molecule has 2 aromatic rings. The minimum absolute atomic E-state index is 0.00888. The van der Waals surface area contributed by atoms with E-state index in [9.17, 15) is 9.00 Å². The second-order valence-corrected chi connectivity index (χ2v) is 7.83. The Morgan fingerprint density at radius 3 is 2.52 bits per heavy atom. The molecule has 1 atom stereocenters. The van der Waals surface area contributed by atoms with Gasteiger partial charge in [-0.15, -0.1) is 0 Å². The first-order chi connectivity index (χ1) is 11.0. The van der Waals surface area contributed by atoms with Crippen molar-refractivity contribution in [1.29, 1.82) is 0 Å². The van der Waals surface area contributed by atoms with Crippen molar-refractivity contribution in [3.05, 3.63) is 64.7 Å². The average Bonchev–Trinajstić information content (AvgIpc) is 3.29. The Morgan fingerprint density at radius 2 is 1.91 bits per heavy atom. The number of hydrogen-bond acceptors (Lipinski definition) is 2. The third-order valence-corrected chi connectivity index (χ3v) is 5.13. The molecule has 3 nitrogen and oxygen atoms in total. The molecule has 23 heavy (non-hydrogen) atoms. The smallest absolute Gasteiger partial charge is 0.235 e. The number of carbonyl (C=O) groups is 1. The molecule has 1 unspecified atom stereocenters. The third-order valence-electron chi connectivity index (χ3n) is 4.14. The summed E-state index contributed by atoms with van der Waals surface area (Å²) in [6, 6.07) is 15.0. The van der Waals surface area contributed by atoms with Gasteiger partial charge in [-0.3, -0.25) is 9.00 Å². The number of benzene rings is 2. The quantitative estimate of drug-likeness (QED) is 0.891. The fourth-order valence-electron chi connectivity index (χ4n) is 2.77. The summed E-state index contributed by atoms with van der Waals surface area (Å²) in [5, 5.41) is 3.67.